The first kappa shape index (κ1) is 25.7. The van der Waals surface area contributed by atoms with E-state index in [-0.39, 0.29) is 40.5 Å². The van der Waals surface area contributed by atoms with Gasteiger partial charge >= 0.3 is 0 Å². The number of rotatable bonds is 8. The molecule has 0 spiro atoms. The number of para-hydroxylation sites is 1. The Morgan fingerprint density at radius 3 is 2.41 bits per heavy atom. The van der Waals surface area contributed by atoms with E-state index in [0.717, 1.165) is 18.4 Å². The van der Waals surface area contributed by atoms with Gasteiger partial charge in [-0.3, -0.25) is 9.59 Å². The zero-order chi connectivity index (χ0) is 24.9. The third-order valence-corrected chi connectivity index (χ3v) is 7.81. The molecule has 8 nitrogen and oxygen atoms in total. The van der Waals surface area contributed by atoms with Crippen molar-refractivity contribution < 1.29 is 22.7 Å². The van der Waals surface area contributed by atoms with Gasteiger partial charge in [0.15, 0.2) is 0 Å². The van der Waals surface area contributed by atoms with Crippen molar-refractivity contribution in [2.45, 2.75) is 38.5 Å². The van der Waals surface area contributed by atoms with Gasteiger partial charge in [0, 0.05) is 24.3 Å². The lowest BCUT2D eigenvalue weighted by molar-refractivity contribution is -0.115. The van der Waals surface area contributed by atoms with Gasteiger partial charge in [-0.25, -0.2) is 8.42 Å². The average Bonchev–Trinajstić information content (AvgIpc) is 2.81. The van der Waals surface area contributed by atoms with Crippen LogP contribution in [0.25, 0.3) is 0 Å². The molecular weight excluding hydrogens is 454 g/mol. The van der Waals surface area contributed by atoms with Crippen molar-refractivity contribution in [1.82, 2.24) is 9.62 Å². The molecule has 0 unspecified atom stereocenters. The fourth-order valence-corrected chi connectivity index (χ4v) is 6.23. The molecule has 9 heteroatoms. The number of nitrogens with one attached hydrogen (secondary N) is 2. The van der Waals surface area contributed by atoms with Crippen LogP contribution in [0.15, 0.2) is 47.4 Å². The first-order chi connectivity index (χ1) is 16.1. The number of carbonyl (C=O) groups excluding carboxylic acids is 2. The number of benzene rings is 2. The molecule has 0 aliphatic carbocycles. The Bertz CT molecular complexity index is 1140. The molecule has 2 N–H and O–H groups in total. The maximum Gasteiger partial charge on any atom is 0.251 e. The number of anilines is 1. The summed E-state index contributed by atoms with van der Waals surface area (Å²) in [5.41, 5.74) is 1.83. The van der Waals surface area contributed by atoms with Gasteiger partial charge in [-0.05, 0) is 54.5 Å². The number of hydrogen-bond acceptors (Lipinski definition) is 5. The summed E-state index contributed by atoms with van der Waals surface area (Å²) in [6.07, 6.45) is 1.73. The SMILES string of the molecule is CCc1ccccc1NC(=O)CNC(=O)c1ccc(OC)c(S(=O)(=O)N2C[C@H](C)C[C@@H](C)C2)c1. The molecule has 0 aromatic heterocycles. The smallest absolute Gasteiger partial charge is 0.251 e. The molecule has 1 fully saturated rings. The number of methoxy groups -OCH3 is 1. The lowest BCUT2D eigenvalue weighted by atomic mass is 9.94. The molecule has 1 saturated heterocycles. The van der Waals surface area contributed by atoms with Crippen LogP contribution in [0.5, 0.6) is 5.75 Å². The standard InChI is InChI=1S/C25H33N3O5S/c1-5-19-8-6-7-9-21(19)27-24(29)14-26-25(30)20-10-11-22(33-4)23(13-20)34(31,32)28-15-17(2)12-18(3)16-28/h6-11,13,17-18H,5,12,14-16H2,1-4H3,(H,26,30)(H,27,29)/t17-,18-/m1/s1. The second kappa shape index (κ2) is 11.0. The van der Waals surface area contributed by atoms with Gasteiger partial charge in [0.25, 0.3) is 5.91 Å². The first-order valence-corrected chi connectivity index (χ1v) is 12.9. The summed E-state index contributed by atoms with van der Waals surface area (Å²) < 4.78 is 33.6. The van der Waals surface area contributed by atoms with Crippen molar-refractivity contribution in [3.63, 3.8) is 0 Å². The van der Waals surface area contributed by atoms with Crippen molar-refractivity contribution in [2.75, 3.05) is 32.1 Å². The van der Waals surface area contributed by atoms with Gasteiger partial charge in [0.2, 0.25) is 15.9 Å². The molecule has 184 valence electrons. The Kier molecular flexibility index (Phi) is 8.33. The highest BCUT2D eigenvalue weighted by Gasteiger charge is 2.34. The molecule has 34 heavy (non-hydrogen) atoms. The van der Waals surface area contributed by atoms with E-state index in [1.165, 1.54) is 29.6 Å². The summed E-state index contributed by atoms with van der Waals surface area (Å²) in [7, 11) is -2.46. The summed E-state index contributed by atoms with van der Waals surface area (Å²) in [6.45, 7) is 6.66. The second-order valence-electron chi connectivity index (χ2n) is 8.88. The van der Waals surface area contributed by atoms with E-state index in [1.54, 1.807) is 0 Å². The lowest BCUT2D eigenvalue weighted by Crippen LogP contribution is -2.42. The average molecular weight is 488 g/mol. The maximum atomic E-state index is 13.4. The van der Waals surface area contributed by atoms with E-state index in [9.17, 15) is 18.0 Å². The van der Waals surface area contributed by atoms with Crippen LogP contribution in [0.4, 0.5) is 5.69 Å². The Balaban J connectivity index is 1.74. The van der Waals surface area contributed by atoms with Gasteiger partial charge in [-0.2, -0.15) is 4.31 Å². The number of sulfonamides is 1. The van der Waals surface area contributed by atoms with E-state index in [0.29, 0.717) is 18.8 Å². The van der Waals surface area contributed by atoms with Crippen molar-refractivity contribution in [3.8, 4) is 5.75 Å². The van der Waals surface area contributed by atoms with Crippen LogP contribution in [0.2, 0.25) is 0 Å². The maximum absolute atomic E-state index is 13.4. The lowest BCUT2D eigenvalue weighted by Gasteiger charge is -2.34. The van der Waals surface area contributed by atoms with E-state index in [1.807, 2.05) is 45.0 Å². The molecule has 1 aliphatic heterocycles. The zero-order valence-electron chi connectivity index (χ0n) is 20.1. The van der Waals surface area contributed by atoms with E-state index in [4.69, 9.17) is 4.74 Å². The second-order valence-corrected chi connectivity index (χ2v) is 10.8. The first-order valence-electron chi connectivity index (χ1n) is 11.5. The van der Waals surface area contributed by atoms with Gasteiger partial charge in [0.1, 0.15) is 10.6 Å². The van der Waals surface area contributed by atoms with Crippen molar-refractivity contribution in [2.24, 2.45) is 11.8 Å². The molecule has 0 radical (unpaired) electrons. The molecular formula is C25H33N3O5S. The van der Waals surface area contributed by atoms with Crippen LogP contribution in [0.1, 0.15) is 43.1 Å². The number of amides is 2. The van der Waals surface area contributed by atoms with Gasteiger partial charge < -0.3 is 15.4 Å². The highest BCUT2D eigenvalue weighted by molar-refractivity contribution is 7.89. The number of hydrogen-bond donors (Lipinski definition) is 2. The van der Waals surface area contributed by atoms with Gasteiger partial charge in [0.05, 0.1) is 13.7 Å². The third kappa shape index (κ3) is 5.95. The topological polar surface area (TPSA) is 105 Å². The molecule has 0 bridgehead atoms. The molecule has 3 rings (SSSR count). The summed E-state index contributed by atoms with van der Waals surface area (Å²) >= 11 is 0. The zero-order valence-corrected chi connectivity index (χ0v) is 20.9. The fourth-order valence-electron chi connectivity index (χ4n) is 4.37. The monoisotopic (exact) mass is 487 g/mol. The minimum absolute atomic E-state index is 0.0507. The van der Waals surface area contributed by atoms with Crippen LogP contribution in [-0.4, -0.2) is 51.3 Å². The number of ether oxygens (including phenoxy) is 1. The Hall–Kier alpha value is -2.91. The molecule has 0 saturated carbocycles. The quantitative estimate of drug-likeness (QED) is 0.595. The van der Waals surface area contributed by atoms with E-state index >= 15 is 0 Å². The van der Waals surface area contributed by atoms with Crippen LogP contribution >= 0.6 is 0 Å². The summed E-state index contributed by atoms with van der Waals surface area (Å²) in [5, 5.41) is 5.36. The van der Waals surface area contributed by atoms with Crippen molar-refractivity contribution >= 4 is 27.5 Å². The van der Waals surface area contributed by atoms with Crippen LogP contribution in [-0.2, 0) is 21.2 Å². The predicted molar refractivity (Wildman–Crippen MR) is 131 cm³/mol. The highest BCUT2D eigenvalue weighted by Crippen LogP contribution is 2.32. The molecule has 2 amide bonds. The molecule has 1 heterocycles. The number of nitrogens with zero attached hydrogens (tertiary/aromatic N) is 1. The third-order valence-electron chi connectivity index (χ3n) is 5.96. The predicted octanol–water partition coefficient (Wildman–Crippen LogP) is 3.29. The molecule has 2 aromatic rings. The summed E-state index contributed by atoms with van der Waals surface area (Å²) in [6, 6.07) is 11.7. The van der Waals surface area contributed by atoms with Crippen LogP contribution < -0.4 is 15.4 Å². The van der Waals surface area contributed by atoms with Crippen molar-refractivity contribution in [1.29, 1.82) is 0 Å². The van der Waals surface area contributed by atoms with Gasteiger partial charge in [-0.1, -0.05) is 39.0 Å². The number of aryl methyl sites for hydroxylation is 1. The van der Waals surface area contributed by atoms with E-state index in [2.05, 4.69) is 10.6 Å². The number of piperidine rings is 1. The number of carbonyl (C=O) groups is 2. The summed E-state index contributed by atoms with van der Waals surface area (Å²) in [5.74, 6) is -0.249. The van der Waals surface area contributed by atoms with Crippen molar-refractivity contribution in [3.05, 3.63) is 53.6 Å². The molecule has 2 atom stereocenters. The highest BCUT2D eigenvalue weighted by atomic mass is 32.2. The normalized spacial score (nSPS) is 18.8. The van der Waals surface area contributed by atoms with Gasteiger partial charge in [-0.15, -0.1) is 0 Å². The van der Waals surface area contributed by atoms with Crippen LogP contribution in [0.3, 0.4) is 0 Å². The fraction of sp³-hybridized carbons (Fsp3) is 0.440. The van der Waals surface area contributed by atoms with Crippen LogP contribution in [0, 0.1) is 11.8 Å². The molecule has 2 aromatic carbocycles. The van der Waals surface area contributed by atoms with E-state index < -0.39 is 15.9 Å². The molecule has 1 aliphatic rings. The Morgan fingerprint density at radius 2 is 1.76 bits per heavy atom. The minimum Gasteiger partial charge on any atom is -0.495 e. The summed E-state index contributed by atoms with van der Waals surface area (Å²) in [4.78, 5) is 25.1. The Labute approximate surface area is 201 Å². The Morgan fingerprint density at radius 1 is 1.09 bits per heavy atom. The minimum atomic E-state index is -3.86. The largest absolute Gasteiger partial charge is 0.495 e.